The second-order valence-corrected chi connectivity index (χ2v) is 6.58. The molecule has 6 nitrogen and oxygen atoms in total. The third-order valence-electron chi connectivity index (χ3n) is 3.57. The van der Waals surface area contributed by atoms with Crippen LogP contribution < -0.4 is 5.32 Å². The summed E-state index contributed by atoms with van der Waals surface area (Å²) in [6.07, 6.45) is -0.460. The van der Waals surface area contributed by atoms with Gasteiger partial charge >= 0.3 is 0 Å². The van der Waals surface area contributed by atoms with Gasteiger partial charge in [-0.3, -0.25) is 0 Å². The van der Waals surface area contributed by atoms with Crippen molar-refractivity contribution < 1.29 is 17.9 Å². The third-order valence-corrected chi connectivity index (χ3v) is 5.41. The van der Waals surface area contributed by atoms with Gasteiger partial charge < -0.3 is 14.8 Å². The van der Waals surface area contributed by atoms with Gasteiger partial charge in [-0.05, 0) is 24.3 Å². The second-order valence-electron chi connectivity index (χ2n) is 4.64. The number of hydrogen-bond acceptors (Lipinski definition) is 5. The van der Waals surface area contributed by atoms with Crippen molar-refractivity contribution >= 4 is 15.7 Å². The fourth-order valence-corrected chi connectivity index (χ4v) is 3.77. The number of hydrogen-bond donors (Lipinski definition) is 1. The fourth-order valence-electron chi connectivity index (χ4n) is 2.30. The molecule has 1 saturated heterocycles. The zero-order valence-corrected chi connectivity index (χ0v) is 12.7. The van der Waals surface area contributed by atoms with Crippen LogP contribution in [-0.2, 0) is 19.5 Å². The molecule has 1 fully saturated rings. The van der Waals surface area contributed by atoms with Crippen LogP contribution in [0.1, 0.15) is 0 Å². The number of nitrogens with one attached hydrogen (secondary N) is 1. The number of ether oxygens (including phenoxy) is 2. The molecule has 7 heteroatoms. The maximum atomic E-state index is 12.6. The summed E-state index contributed by atoms with van der Waals surface area (Å²) < 4.78 is 37.1. The molecule has 1 aliphatic rings. The molecule has 20 heavy (non-hydrogen) atoms. The van der Waals surface area contributed by atoms with E-state index in [1.165, 1.54) is 4.31 Å². The molecular formula is C13H20N2O4S. The average molecular weight is 300 g/mol. The summed E-state index contributed by atoms with van der Waals surface area (Å²) in [5.41, 5.74) is 0.870. The van der Waals surface area contributed by atoms with Gasteiger partial charge in [0.25, 0.3) is 0 Å². The van der Waals surface area contributed by atoms with Gasteiger partial charge in [0.15, 0.2) is 0 Å². The lowest BCUT2D eigenvalue weighted by Crippen LogP contribution is -2.30. The van der Waals surface area contributed by atoms with Crippen LogP contribution in [0.25, 0.3) is 0 Å². The summed E-state index contributed by atoms with van der Waals surface area (Å²) in [5, 5.41) is 2.96. The summed E-state index contributed by atoms with van der Waals surface area (Å²) in [7, 11) is 1.41. The average Bonchev–Trinajstić information content (AvgIpc) is 2.91. The van der Waals surface area contributed by atoms with E-state index < -0.39 is 10.0 Å². The van der Waals surface area contributed by atoms with E-state index in [-0.39, 0.29) is 17.1 Å². The number of rotatable bonds is 5. The molecule has 2 rings (SSSR count). The first kappa shape index (κ1) is 15.2. The quantitative estimate of drug-likeness (QED) is 0.869. The maximum Gasteiger partial charge on any atom is 0.243 e. The molecule has 0 aliphatic carbocycles. The minimum absolute atomic E-state index is 0.230. The van der Waals surface area contributed by atoms with Crippen molar-refractivity contribution in [3.05, 3.63) is 24.3 Å². The Balaban J connectivity index is 2.22. The summed E-state index contributed by atoms with van der Waals surface area (Å²) in [5.74, 6) is 0. The van der Waals surface area contributed by atoms with Crippen molar-refractivity contribution in [2.75, 3.05) is 39.7 Å². The summed E-state index contributed by atoms with van der Waals surface area (Å²) in [6, 6.07) is 6.68. The fraction of sp³-hybridized carbons (Fsp3) is 0.538. The summed E-state index contributed by atoms with van der Waals surface area (Å²) in [6.45, 7) is 0.621. The molecule has 2 unspecified atom stereocenters. The normalized spacial score (nSPS) is 23.9. The minimum Gasteiger partial charge on any atom is -0.388 e. The van der Waals surface area contributed by atoms with E-state index in [2.05, 4.69) is 5.32 Å². The Morgan fingerprint density at radius 3 is 2.00 bits per heavy atom. The van der Waals surface area contributed by atoms with Crippen LogP contribution in [0.4, 0.5) is 5.69 Å². The molecule has 0 bridgehead atoms. The largest absolute Gasteiger partial charge is 0.388 e. The van der Waals surface area contributed by atoms with Gasteiger partial charge in [-0.1, -0.05) is 0 Å². The first-order chi connectivity index (χ1) is 9.52. The molecule has 112 valence electrons. The molecule has 1 N–H and O–H groups in total. The maximum absolute atomic E-state index is 12.6. The lowest BCUT2D eigenvalue weighted by Gasteiger charge is -2.16. The SMILES string of the molecule is CNc1ccc(S(=O)(=O)N2CC(OC)C(OC)C2)cc1. The topological polar surface area (TPSA) is 67.9 Å². The molecule has 0 aromatic heterocycles. The van der Waals surface area contributed by atoms with Crippen molar-refractivity contribution in [3.8, 4) is 0 Å². The van der Waals surface area contributed by atoms with E-state index >= 15 is 0 Å². The Morgan fingerprint density at radius 2 is 1.60 bits per heavy atom. The van der Waals surface area contributed by atoms with Crippen LogP contribution in [0.15, 0.2) is 29.2 Å². The summed E-state index contributed by atoms with van der Waals surface area (Å²) >= 11 is 0. The van der Waals surface area contributed by atoms with Gasteiger partial charge in [0.2, 0.25) is 10.0 Å². The zero-order chi connectivity index (χ0) is 14.8. The molecule has 0 radical (unpaired) electrons. The van der Waals surface area contributed by atoms with Gasteiger partial charge in [-0.2, -0.15) is 4.31 Å². The number of methoxy groups -OCH3 is 2. The molecule has 1 heterocycles. The standard InChI is InChI=1S/C13H20N2O4S/c1-14-10-4-6-11(7-5-10)20(16,17)15-8-12(18-2)13(9-15)19-3/h4-7,12-14H,8-9H2,1-3H3. The van der Waals surface area contributed by atoms with Crippen LogP contribution >= 0.6 is 0 Å². The lowest BCUT2D eigenvalue weighted by atomic mass is 10.3. The highest BCUT2D eigenvalue weighted by molar-refractivity contribution is 7.89. The van der Waals surface area contributed by atoms with Crippen LogP contribution in [0.5, 0.6) is 0 Å². The lowest BCUT2D eigenvalue weighted by molar-refractivity contribution is -0.00461. The Labute approximate surface area is 119 Å². The highest BCUT2D eigenvalue weighted by Crippen LogP contribution is 2.24. The highest BCUT2D eigenvalue weighted by Gasteiger charge is 2.39. The number of nitrogens with zero attached hydrogens (tertiary/aromatic N) is 1. The van der Waals surface area contributed by atoms with Crippen molar-refractivity contribution in [1.29, 1.82) is 0 Å². The van der Waals surface area contributed by atoms with Gasteiger partial charge in [0, 0.05) is 40.0 Å². The monoisotopic (exact) mass is 300 g/mol. The Bertz CT molecular complexity index is 532. The van der Waals surface area contributed by atoms with Crippen molar-refractivity contribution in [1.82, 2.24) is 4.31 Å². The Morgan fingerprint density at radius 1 is 1.10 bits per heavy atom. The number of benzene rings is 1. The minimum atomic E-state index is -3.50. The molecule has 1 aromatic carbocycles. The number of sulfonamides is 1. The molecule has 0 amide bonds. The molecule has 1 aromatic rings. The van der Waals surface area contributed by atoms with Crippen molar-refractivity contribution in [2.45, 2.75) is 17.1 Å². The van der Waals surface area contributed by atoms with Crippen LogP contribution in [-0.4, -0.2) is 59.3 Å². The predicted octanol–water partition coefficient (Wildman–Crippen LogP) is 0.763. The molecule has 1 aliphatic heterocycles. The second kappa shape index (κ2) is 6.09. The van der Waals surface area contributed by atoms with E-state index in [1.807, 2.05) is 0 Å². The predicted molar refractivity (Wildman–Crippen MR) is 76.3 cm³/mol. The molecule has 0 spiro atoms. The van der Waals surface area contributed by atoms with E-state index in [4.69, 9.17) is 9.47 Å². The molecular weight excluding hydrogens is 280 g/mol. The molecule has 0 saturated carbocycles. The van der Waals surface area contributed by atoms with E-state index in [1.54, 1.807) is 45.5 Å². The zero-order valence-electron chi connectivity index (χ0n) is 11.9. The van der Waals surface area contributed by atoms with Crippen LogP contribution in [0.2, 0.25) is 0 Å². The first-order valence-corrected chi connectivity index (χ1v) is 7.80. The Hall–Kier alpha value is -1.15. The van der Waals surface area contributed by atoms with Gasteiger partial charge in [0.1, 0.15) is 0 Å². The first-order valence-electron chi connectivity index (χ1n) is 6.36. The third kappa shape index (κ3) is 2.80. The van der Waals surface area contributed by atoms with Crippen molar-refractivity contribution in [2.24, 2.45) is 0 Å². The van der Waals surface area contributed by atoms with E-state index in [9.17, 15) is 8.42 Å². The Kier molecular flexibility index (Phi) is 4.64. The number of anilines is 1. The summed E-state index contributed by atoms with van der Waals surface area (Å²) in [4.78, 5) is 0.281. The van der Waals surface area contributed by atoms with Gasteiger partial charge in [0.05, 0.1) is 17.1 Å². The van der Waals surface area contributed by atoms with Gasteiger partial charge in [-0.15, -0.1) is 0 Å². The van der Waals surface area contributed by atoms with Crippen LogP contribution in [0.3, 0.4) is 0 Å². The smallest absolute Gasteiger partial charge is 0.243 e. The highest BCUT2D eigenvalue weighted by atomic mass is 32.2. The van der Waals surface area contributed by atoms with E-state index in [0.717, 1.165) is 5.69 Å². The van der Waals surface area contributed by atoms with Crippen molar-refractivity contribution in [3.63, 3.8) is 0 Å². The molecule has 2 atom stereocenters. The van der Waals surface area contributed by atoms with Gasteiger partial charge in [-0.25, -0.2) is 8.42 Å². The van der Waals surface area contributed by atoms with E-state index in [0.29, 0.717) is 13.1 Å². The van der Waals surface area contributed by atoms with Crippen LogP contribution in [0, 0.1) is 0 Å².